The van der Waals surface area contributed by atoms with E-state index >= 15 is 0 Å². The molecule has 27 heavy (non-hydrogen) atoms. The first kappa shape index (κ1) is 17.1. The molecule has 1 aromatic heterocycles. The maximum Gasteiger partial charge on any atom is 0.232 e. The number of pyridine rings is 1. The summed E-state index contributed by atoms with van der Waals surface area (Å²) in [7, 11) is 0. The monoisotopic (exact) mass is 352 g/mol. The molecule has 0 unspecified atom stereocenters. The molecule has 0 N–H and O–H groups in total. The van der Waals surface area contributed by atoms with Gasteiger partial charge in [0.05, 0.1) is 12.3 Å². The number of aromatic nitrogens is 1. The third-order valence-corrected chi connectivity index (χ3v) is 4.81. The minimum absolute atomic E-state index is 0.429. The van der Waals surface area contributed by atoms with E-state index in [0.29, 0.717) is 18.1 Å². The molecule has 3 nitrogen and oxygen atoms in total. The first-order valence-electron chi connectivity index (χ1n) is 9.23. The lowest BCUT2D eigenvalue weighted by Gasteiger charge is -2.15. The lowest BCUT2D eigenvalue weighted by Crippen LogP contribution is -2.04. The highest BCUT2D eigenvalue weighted by atomic mass is 16.5. The van der Waals surface area contributed by atoms with E-state index in [9.17, 15) is 5.26 Å². The fourth-order valence-electron chi connectivity index (χ4n) is 3.65. The number of hydrogen-bond acceptors (Lipinski definition) is 3. The van der Waals surface area contributed by atoms with E-state index in [4.69, 9.17) is 9.72 Å². The van der Waals surface area contributed by atoms with E-state index in [1.165, 1.54) is 5.57 Å². The highest BCUT2D eigenvalue weighted by Crippen LogP contribution is 2.42. The minimum Gasteiger partial charge on any atom is -0.477 e. The Balaban J connectivity index is 1.94. The summed E-state index contributed by atoms with van der Waals surface area (Å²) in [5.41, 5.74) is 6.98. The van der Waals surface area contributed by atoms with E-state index in [0.717, 1.165) is 40.8 Å². The van der Waals surface area contributed by atoms with E-state index < -0.39 is 0 Å². The number of allylic oxidation sites excluding steroid dienone is 1. The minimum atomic E-state index is 0.429. The summed E-state index contributed by atoms with van der Waals surface area (Å²) < 4.78 is 5.75. The van der Waals surface area contributed by atoms with Crippen molar-refractivity contribution in [2.75, 3.05) is 6.61 Å². The summed E-state index contributed by atoms with van der Waals surface area (Å²) in [6.07, 6.45) is 3.99. The molecule has 0 saturated carbocycles. The average molecular weight is 352 g/mol. The largest absolute Gasteiger partial charge is 0.477 e. The predicted octanol–water partition coefficient (Wildman–Crippen LogP) is 5.51. The van der Waals surface area contributed by atoms with Gasteiger partial charge in [0.15, 0.2) is 0 Å². The summed E-state index contributed by atoms with van der Waals surface area (Å²) in [6, 6.07) is 22.7. The lowest BCUT2D eigenvalue weighted by molar-refractivity contribution is 0.325. The van der Waals surface area contributed by atoms with Gasteiger partial charge in [-0.05, 0) is 48.1 Å². The maximum atomic E-state index is 9.83. The predicted molar refractivity (Wildman–Crippen MR) is 108 cm³/mol. The zero-order valence-electron chi connectivity index (χ0n) is 15.3. The molecule has 1 aliphatic rings. The van der Waals surface area contributed by atoms with Gasteiger partial charge in [0.25, 0.3) is 0 Å². The number of ether oxygens (including phenoxy) is 1. The first-order valence-corrected chi connectivity index (χ1v) is 9.23. The molecule has 0 spiro atoms. The molecule has 0 saturated heterocycles. The average Bonchev–Trinajstić information content (AvgIpc) is 3.11. The van der Waals surface area contributed by atoms with Crippen molar-refractivity contribution >= 4 is 11.6 Å². The standard InChI is InChI=1S/C24H20N2O/c1-2-27-24-21(16-25)22(18-11-7-4-8-12-18)20-14-13-19(23(20)26-24)15-17-9-5-3-6-10-17/h3-12,15H,2,13-14H2,1H3/b19-15+. The number of fused-ring (bicyclic) bond motifs is 1. The second-order valence-electron chi connectivity index (χ2n) is 6.49. The van der Waals surface area contributed by atoms with Gasteiger partial charge in [0.1, 0.15) is 11.6 Å². The van der Waals surface area contributed by atoms with Crippen LogP contribution in [0.3, 0.4) is 0 Å². The molecule has 2 aromatic carbocycles. The summed E-state index contributed by atoms with van der Waals surface area (Å²) in [6.45, 7) is 2.39. The van der Waals surface area contributed by atoms with Crippen LogP contribution in [0.2, 0.25) is 0 Å². The van der Waals surface area contributed by atoms with Crippen molar-refractivity contribution < 1.29 is 4.74 Å². The zero-order chi connectivity index (χ0) is 18.6. The van der Waals surface area contributed by atoms with Crippen LogP contribution in [-0.4, -0.2) is 11.6 Å². The zero-order valence-corrected chi connectivity index (χ0v) is 15.3. The Labute approximate surface area is 159 Å². The van der Waals surface area contributed by atoms with Crippen LogP contribution in [-0.2, 0) is 6.42 Å². The fourth-order valence-corrected chi connectivity index (χ4v) is 3.65. The van der Waals surface area contributed by atoms with Crippen molar-refractivity contribution in [3.8, 4) is 23.1 Å². The summed E-state index contributed by atoms with van der Waals surface area (Å²) >= 11 is 0. The van der Waals surface area contributed by atoms with Crippen molar-refractivity contribution in [2.24, 2.45) is 0 Å². The van der Waals surface area contributed by atoms with Crippen LogP contribution in [0.15, 0.2) is 60.7 Å². The molecule has 0 fully saturated rings. The van der Waals surface area contributed by atoms with Gasteiger partial charge in [-0.3, -0.25) is 0 Å². The quantitative estimate of drug-likeness (QED) is 0.622. The summed E-state index contributed by atoms with van der Waals surface area (Å²) in [5.74, 6) is 0.429. The second-order valence-corrected chi connectivity index (χ2v) is 6.49. The molecule has 0 bridgehead atoms. The van der Waals surface area contributed by atoms with Crippen LogP contribution in [0.5, 0.6) is 5.88 Å². The van der Waals surface area contributed by atoms with Gasteiger partial charge >= 0.3 is 0 Å². The van der Waals surface area contributed by atoms with Gasteiger partial charge in [0.2, 0.25) is 5.88 Å². The van der Waals surface area contributed by atoms with Gasteiger partial charge < -0.3 is 4.74 Å². The Morgan fingerprint density at radius 3 is 2.41 bits per heavy atom. The molecular formula is C24H20N2O. The third kappa shape index (κ3) is 3.22. The Kier molecular flexibility index (Phi) is 4.72. The third-order valence-electron chi connectivity index (χ3n) is 4.81. The Hall–Kier alpha value is -3.38. The number of nitrogens with zero attached hydrogens (tertiary/aromatic N) is 2. The van der Waals surface area contributed by atoms with Gasteiger partial charge in [-0.2, -0.15) is 5.26 Å². The van der Waals surface area contributed by atoms with E-state index in [-0.39, 0.29) is 0 Å². The molecule has 1 aliphatic carbocycles. The second kappa shape index (κ2) is 7.47. The van der Waals surface area contributed by atoms with Crippen LogP contribution >= 0.6 is 0 Å². The molecule has 3 heteroatoms. The lowest BCUT2D eigenvalue weighted by atomic mass is 9.95. The highest BCUT2D eigenvalue weighted by molar-refractivity contribution is 5.89. The van der Waals surface area contributed by atoms with Crippen LogP contribution in [0.1, 0.15) is 35.7 Å². The van der Waals surface area contributed by atoms with Crippen LogP contribution < -0.4 is 4.74 Å². The van der Waals surface area contributed by atoms with Gasteiger partial charge in [0, 0.05) is 5.56 Å². The number of rotatable bonds is 4. The normalized spacial score (nSPS) is 14.0. The smallest absolute Gasteiger partial charge is 0.232 e. The number of hydrogen-bond donors (Lipinski definition) is 0. The van der Waals surface area contributed by atoms with Gasteiger partial charge in [-0.25, -0.2) is 4.98 Å². The van der Waals surface area contributed by atoms with E-state index in [1.807, 2.05) is 55.5 Å². The SMILES string of the molecule is CCOc1nc2c(c(-c3ccccc3)c1C#N)CC/C2=C\c1ccccc1. The summed E-state index contributed by atoms with van der Waals surface area (Å²) in [4.78, 5) is 4.76. The van der Waals surface area contributed by atoms with Crippen molar-refractivity contribution in [3.63, 3.8) is 0 Å². The Morgan fingerprint density at radius 2 is 1.74 bits per heavy atom. The number of benzene rings is 2. The Bertz CT molecular complexity index is 1030. The molecular weight excluding hydrogens is 332 g/mol. The molecule has 0 aliphatic heterocycles. The van der Waals surface area contributed by atoms with E-state index in [2.05, 4.69) is 24.3 Å². The van der Waals surface area contributed by atoms with Gasteiger partial charge in [-0.15, -0.1) is 0 Å². The van der Waals surface area contributed by atoms with Gasteiger partial charge in [-0.1, -0.05) is 60.7 Å². The Morgan fingerprint density at radius 1 is 1.04 bits per heavy atom. The molecule has 3 aromatic rings. The maximum absolute atomic E-state index is 9.83. The molecule has 132 valence electrons. The van der Waals surface area contributed by atoms with E-state index in [1.54, 1.807) is 0 Å². The molecule has 0 radical (unpaired) electrons. The van der Waals surface area contributed by atoms with Crippen molar-refractivity contribution in [1.82, 2.24) is 4.98 Å². The van der Waals surface area contributed by atoms with Crippen LogP contribution in [0.25, 0.3) is 22.8 Å². The number of nitriles is 1. The van der Waals surface area contributed by atoms with Crippen molar-refractivity contribution in [1.29, 1.82) is 5.26 Å². The molecule has 0 atom stereocenters. The molecule has 4 rings (SSSR count). The summed E-state index contributed by atoms with van der Waals surface area (Å²) in [5, 5.41) is 9.83. The highest BCUT2D eigenvalue weighted by Gasteiger charge is 2.27. The van der Waals surface area contributed by atoms with Crippen LogP contribution in [0, 0.1) is 11.3 Å². The molecule has 1 heterocycles. The molecule has 0 amide bonds. The topological polar surface area (TPSA) is 45.9 Å². The van der Waals surface area contributed by atoms with Crippen molar-refractivity contribution in [2.45, 2.75) is 19.8 Å². The van der Waals surface area contributed by atoms with Crippen molar-refractivity contribution in [3.05, 3.63) is 83.0 Å². The fraction of sp³-hybridized carbons (Fsp3) is 0.167. The van der Waals surface area contributed by atoms with Crippen LogP contribution in [0.4, 0.5) is 0 Å². The first-order chi connectivity index (χ1) is 13.3.